The molecule has 1 atom stereocenters. The van der Waals surface area contributed by atoms with Gasteiger partial charge >= 0.3 is 0 Å². The fourth-order valence-electron chi connectivity index (χ4n) is 2.15. The average molecular weight is 274 g/mol. The number of hydrogen-bond acceptors (Lipinski definition) is 1. The van der Waals surface area contributed by atoms with Crippen molar-refractivity contribution in [3.8, 4) is 0 Å². The number of halogens is 1. The maximum atomic E-state index is 6.02. The van der Waals surface area contributed by atoms with Gasteiger partial charge in [0.25, 0.3) is 0 Å². The first-order valence-electron chi connectivity index (χ1n) is 6.61. The van der Waals surface area contributed by atoms with Gasteiger partial charge in [0.05, 0.1) is 0 Å². The van der Waals surface area contributed by atoms with Crippen LogP contribution in [-0.4, -0.2) is 0 Å². The van der Waals surface area contributed by atoms with Crippen molar-refractivity contribution in [3.63, 3.8) is 0 Å². The number of hydrogen-bond donors (Lipinski definition) is 1. The zero-order valence-electron chi connectivity index (χ0n) is 11.7. The molecule has 100 valence electrons. The quantitative estimate of drug-likeness (QED) is 0.843. The van der Waals surface area contributed by atoms with Crippen LogP contribution < -0.4 is 5.32 Å². The smallest absolute Gasteiger partial charge is 0.0409 e. The summed E-state index contributed by atoms with van der Waals surface area (Å²) in [5.41, 5.74) is 5.21. The summed E-state index contributed by atoms with van der Waals surface area (Å²) in [7, 11) is 0. The summed E-state index contributed by atoms with van der Waals surface area (Å²) in [5, 5.41) is 4.34. The summed E-state index contributed by atoms with van der Waals surface area (Å²) in [4.78, 5) is 0. The summed E-state index contributed by atoms with van der Waals surface area (Å²) < 4.78 is 0. The summed E-state index contributed by atoms with van der Waals surface area (Å²) >= 11 is 6.02. The van der Waals surface area contributed by atoms with Crippen LogP contribution in [0, 0.1) is 13.8 Å². The van der Waals surface area contributed by atoms with Gasteiger partial charge in [-0.2, -0.15) is 0 Å². The highest BCUT2D eigenvalue weighted by Crippen LogP contribution is 2.18. The summed E-state index contributed by atoms with van der Waals surface area (Å²) in [6, 6.07) is 14.9. The van der Waals surface area contributed by atoms with Gasteiger partial charge < -0.3 is 5.32 Å². The first-order valence-corrected chi connectivity index (χ1v) is 6.99. The molecule has 0 aromatic heterocycles. The molecule has 0 bridgehead atoms. The molecule has 1 N–H and O–H groups in total. The van der Waals surface area contributed by atoms with Gasteiger partial charge in [-0.25, -0.2) is 0 Å². The third kappa shape index (κ3) is 3.82. The molecule has 0 amide bonds. The van der Waals surface area contributed by atoms with E-state index in [0.717, 1.165) is 11.6 Å². The molecule has 0 spiro atoms. The number of nitrogens with one attached hydrogen (secondary N) is 1. The number of benzene rings is 2. The van der Waals surface area contributed by atoms with E-state index in [1.807, 2.05) is 18.2 Å². The summed E-state index contributed by atoms with van der Waals surface area (Å²) in [6.07, 6.45) is 0. The molecular weight excluding hydrogens is 254 g/mol. The van der Waals surface area contributed by atoms with Crippen molar-refractivity contribution in [2.75, 3.05) is 0 Å². The van der Waals surface area contributed by atoms with Crippen LogP contribution in [0.15, 0.2) is 42.5 Å². The van der Waals surface area contributed by atoms with Crippen LogP contribution in [0.1, 0.15) is 35.2 Å². The monoisotopic (exact) mass is 273 g/mol. The van der Waals surface area contributed by atoms with E-state index < -0.39 is 0 Å². The van der Waals surface area contributed by atoms with E-state index in [4.69, 9.17) is 11.6 Å². The molecule has 2 aromatic rings. The maximum Gasteiger partial charge on any atom is 0.0409 e. The Morgan fingerprint density at radius 2 is 1.89 bits per heavy atom. The zero-order chi connectivity index (χ0) is 13.8. The lowest BCUT2D eigenvalue weighted by Gasteiger charge is -2.16. The molecule has 2 aromatic carbocycles. The predicted octanol–water partition coefficient (Wildman–Crippen LogP) is 4.81. The Hall–Kier alpha value is -1.31. The number of rotatable bonds is 4. The second kappa shape index (κ2) is 6.23. The van der Waals surface area contributed by atoms with Crippen LogP contribution in [0.5, 0.6) is 0 Å². The second-order valence-corrected chi connectivity index (χ2v) is 5.52. The normalized spacial score (nSPS) is 12.4. The second-order valence-electron chi connectivity index (χ2n) is 5.09. The highest BCUT2D eigenvalue weighted by atomic mass is 35.5. The Labute approximate surface area is 120 Å². The molecule has 0 aliphatic carbocycles. The number of aryl methyl sites for hydroxylation is 2. The fraction of sp³-hybridized carbons (Fsp3) is 0.294. The SMILES string of the molecule is Cc1ccc(C)c(CN[C@H](C)c2cccc(Cl)c2)c1. The van der Waals surface area contributed by atoms with Crippen molar-refractivity contribution in [2.45, 2.75) is 33.4 Å². The van der Waals surface area contributed by atoms with Gasteiger partial charge in [-0.05, 0) is 49.6 Å². The summed E-state index contributed by atoms with van der Waals surface area (Å²) in [6.45, 7) is 7.32. The molecule has 0 saturated carbocycles. The lowest BCUT2D eigenvalue weighted by atomic mass is 10.0. The first kappa shape index (κ1) is 14.1. The maximum absolute atomic E-state index is 6.02. The van der Waals surface area contributed by atoms with E-state index in [-0.39, 0.29) is 0 Å². The first-order chi connectivity index (χ1) is 9.06. The fourth-order valence-corrected chi connectivity index (χ4v) is 2.35. The third-order valence-electron chi connectivity index (χ3n) is 3.45. The molecule has 2 heteroatoms. The minimum absolute atomic E-state index is 0.290. The molecule has 19 heavy (non-hydrogen) atoms. The molecule has 0 heterocycles. The van der Waals surface area contributed by atoms with Crippen molar-refractivity contribution in [1.29, 1.82) is 0 Å². The van der Waals surface area contributed by atoms with Crippen molar-refractivity contribution in [2.24, 2.45) is 0 Å². The van der Waals surface area contributed by atoms with Crippen LogP contribution in [0.2, 0.25) is 5.02 Å². The van der Waals surface area contributed by atoms with E-state index in [1.165, 1.54) is 22.3 Å². The van der Waals surface area contributed by atoms with Gasteiger partial charge in [0.1, 0.15) is 0 Å². The van der Waals surface area contributed by atoms with Crippen LogP contribution in [0.25, 0.3) is 0 Å². The molecule has 0 aliphatic rings. The van der Waals surface area contributed by atoms with Crippen LogP contribution in [0.4, 0.5) is 0 Å². The minimum atomic E-state index is 0.290. The molecular formula is C17H20ClN. The van der Waals surface area contributed by atoms with Gasteiger partial charge in [-0.1, -0.05) is 47.5 Å². The molecule has 1 nitrogen and oxygen atoms in total. The predicted molar refractivity (Wildman–Crippen MR) is 82.6 cm³/mol. The van der Waals surface area contributed by atoms with E-state index in [2.05, 4.69) is 50.4 Å². The van der Waals surface area contributed by atoms with Crippen LogP contribution >= 0.6 is 11.6 Å². The van der Waals surface area contributed by atoms with Gasteiger partial charge in [0.2, 0.25) is 0 Å². The molecule has 2 rings (SSSR count). The Morgan fingerprint density at radius 1 is 1.11 bits per heavy atom. The highest BCUT2D eigenvalue weighted by molar-refractivity contribution is 6.30. The summed E-state index contributed by atoms with van der Waals surface area (Å²) in [5.74, 6) is 0. The highest BCUT2D eigenvalue weighted by Gasteiger charge is 2.06. The standard InChI is InChI=1S/C17H20ClN/c1-12-7-8-13(2)16(9-12)11-19-14(3)15-5-4-6-17(18)10-15/h4-10,14,19H,11H2,1-3H3/t14-/m1/s1. The van der Waals surface area contributed by atoms with Crippen LogP contribution in [-0.2, 0) is 6.54 Å². The third-order valence-corrected chi connectivity index (χ3v) is 3.69. The Morgan fingerprint density at radius 3 is 2.63 bits per heavy atom. The minimum Gasteiger partial charge on any atom is -0.306 e. The van der Waals surface area contributed by atoms with Crippen molar-refractivity contribution >= 4 is 11.6 Å². The van der Waals surface area contributed by atoms with Crippen LogP contribution in [0.3, 0.4) is 0 Å². The average Bonchev–Trinajstić information content (AvgIpc) is 2.39. The van der Waals surface area contributed by atoms with Gasteiger partial charge in [0.15, 0.2) is 0 Å². The van der Waals surface area contributed by atoms with Crippen molar-refractivity contribution in [1.82, 2.24) is 5.32 Å². The molecule has 0 radical (unpaired) electrons. The Kier molecular flexibility index (Phi) is 4.62. The molecule has 0 unspecified atom stereocenters. The topological polar surface area (TPSA) is 12.0 Å². The van der Waals surface area contributed by atoms with E-state index in [9.17, 15) is 0 Å². The van der Waals surface area contributed by atoms with Crippen molar-refractivity contribution < 1.29 is 0 Å². The van der Waals surface area contributed by atoms with Crippen molar-refractivity contribution in [3.05, 3.63) is 69.7 Å². The largest absolute Gasteiger partial charge is 0.306 e. The van der Waals surface area contributed by atoms with E-state index in [1.54, 1.807) is 0 Å². The molecule has 0 saturated heterocycles. The van der Waals surface area contributed by atoms with E-state index in [0.29, 0.717) is 6.04 Å². The van der Waals surface area contributed by atoms with Gasteiger partial charge in [0, 0.05) is 17.6 Å². The van der Waals surface area contributed by atoms with Gasteiger partial charge in [-0.3, -0.25) is 0 Å². The Balaban J connectivity index is 2.04. The van der Waals surface area contributed by atoms with Gasteiger partial charge in [-0.15, -0.1) is 0 Å². The van der Waals surface area contributed by atoms with E-state index >= 15 is 0 Å². The zero-order valence-corrected chi connectivity index (χ0v) is 12.5. The molecule has 0 fully saturated rings. The molecule has 0 aliphatic heterocycles. The lowest BCUT2D eigenvalue weighted by Crippen LogP contribution is -2.18. The lowest BCUT2D eigenvalue weighted by molar-refractivity contribution is 0.573. The Bertz CT molecular complexity index is 563.